The third kappa shape index (κ3) is 4.60. The second-order valence-corrected chi connectivity index (χ2v) is 8.05. The molecule has 9 heteroatoms. The van der Waals surface area contributed by atoms with E-state index in [2.05, 4.69) is 43.8 Å². The van der Waals surface area contributed by atoms with E-state index in [4.69, 9.17) is 16.3 Å². The average Bonchev–Trinajstić information content (AvgIpc) is 2.65. The Morgan fingerprint density at radius 3 is 2.48 bits per heavy atom. The molecule has 1 saturated heterocycles. The number of anilines is 1. The average molecular weight is 541 g/mol. The first-order valence-electron chi connectivity index (χ1n) is 8.21. The number of barbiturate groups is 1. The van der Waals surface area contributed by atoms with Gasteiger partial charge in [0.25, 0.3) is 11.8 Å². The smallest absolute Gasteiger partial charge is 0.335 e. The van der Waals surface area contributed by atoms with E-state index in [1.807, 2.05) is 0 Å². The number of benzene rings is 2. The van der Waals surface area contributed by atoms with E-state index in [1.165, 1.54) is 18.2 Å². The molecule has 148 valence electrons. The van der Waals surface area contributed by atoms with Crippen LogP contribution in [0.2, 0.25) is 5.02 Å². The highest BCUT2D eigenvalue weighted by Gasteiger charge is 2.37. The minimum atomic E-state index is -0.835. The molecule has 6 nitrogen and oxygen atoms in total. The highest BCUT2D eigenvalue weighted by Crippen LogP contribution is 2.35. The van der Waals surface area contributed by atoms with Crippen LogP contribution < -0.4 is 15.0 Å². The van der Waals surface area contributed by atoms with E-state index >= 15 is 0 Å². The zero-order chi connectivity index (χ0) is 21.1. The molecule has 0 saturated carbocycles. The van der Waals surface area contributed by atoms with Gasteiger partial charge < -0.3 is 4.74 Å². The van der Waals surface area contributed by atoms with E-state index in [0.717, 1.165) is 4.90 Å². The minimum Gasteiger partial charge on any atom is -0.488 e. The molecular weight excluding hydrogens is 527 g/mol. The Balaban J connectivity index is 2.07. The summed E-state index contributed by atoms with van der Waals surface area (Å²) in [6, 6.07) is 8.75. The SMILES string of the molecule is C=CCOc1c(Br)cc(Br)cc1/C=C1\C(=O)NC(=O)N(c2ccc(Cl)cc2)C1=O. The van der Waals surface area contributed by atoms with Crippen LogP contribution in [0.5, 0.6) is 5.75 Å². The number of rotatable bonds is 5. The number of carbonyl (C=O) groups is 3. The Labute approximate surface area is 188 Å². The fourth-order valence-electron chi connectivity index (χ4n) is 2.62. The zero-order valence-corrected chi connectivity index (χ0v) is 18.7. The van der Waals surface area contributed by atoms with Crippen LogP contribution in [0.25, 0.3) is 6.08 Å². The van der Waals surface area contributed by atoms with Crippen LogP contribution in [-0.2, 0) is 9.59 Å². The maximum Gasteiger partial charge on any atom is 0.335 e. The van der Waals surface area contributed by atoms with Crippen LogP contribution >= 0.6 is 43.5 Å². The van der Waals surface area contributed by atoms with Gasteiger partial charge >= 0.3 is 6.03 Å². The minimum absolute atomic E-state index is 0.215. The molecule has 1 aliphatic rings. The summed E-state index contributed by atoms with van der Waals surface area (Å²) >= 11 is 12.7. The van der Waals surface area contributed by atoms with Gasteiger partial charge in [-0.15, -0.1) is 0 Å². The first-order valence-corrected chi connectivity index (χ1v) is 10.2. The van der Waals surface area contributed by atoms with Crippen molar-refractivity contribution in [1.82, 2.24) is 5.32 Å². The number of urea groups is 1. The second kappa shape index (κ2) is 8.94. The zero-order valence-electron chi connectivity index (χ0n) is 14.7. The molecule has 1 aliphatic heterocycles. The van der Waals surface area contributed by atoms with Gasteiger partial charge in [-0.1, -0.05) is 40.2 Å². The van der Waals surface area contributed by atoms with E-state index in [0.29, 0.717) is 25.3 Å². The molecule has 2 aromatic carbocycles. The van der Waals surface area contributed by atoms with Crippen LogP contribution in [0.3, 0.4) is 0 Å². The fraction of sp³-hybridized carbons (Fsp3) is 0.0500. The lowest BCUT2D eigenvalue weighted by molar-refractivity contribution is -0.122. The van der Waals surface area contributed by atoms with Crippen molar-refractivity contribution in [1.29, 1.82) is 0 Å². The van der Waals surface area contributed by atoms with Crippen molar-refractivity contribution >= 4 is 73.1 Å². The van der Waals surface area contributed by atoms with E-state index in [-0.39, 0.29) is 17.9 Å². The Hall–Kier alpha value is -2.42. The van der Waals surface area contributed by atoms with Crippen LogP contribution in [0.1, 0.15) is 5.56 Å². The molecule has 3 rings (SSSR count). The Bertz CT molecular complexity index is 1050. The Kier molecular flexibility index (Phi) is 6.56. The summed E-state index contributed by atoms with van der Waals surface area (Å²) in [6.07, 6.45) is 2.95. The largest absolute Gasteiger partial charge is 0.488 e. The van der Waals surface area contributed by atoms with Gasteiger partial charge in [0.2, 0.25) is 0 Å². The third-order valence-electron chi connectivity index (χ3n) is 3.87. The first-order chi connectivity index (χ1) is 13.8. The lowest BCUT2D eigenvalue weighted by Gasteiger charge is -2.26. The van der Waals surface area contributed by atoms with Gasteiger partial charge in [0.05, 0.1) is 10.2 Å². The number of amides is 4. The number of imide groups is 2. The number of carbonyl (C=O) groups excluding carboxylic acids is 3. The molecule has 0 aromatic heterocycles. The van der Waals surface area contributed by atoms with E-state index in [9.17, 15) is 14.4 Å². The van der Waals surface area contributed by atoms with Crippen molar-refractivity contribution in [2.45, 2.75) is 0 Å². The summed E-state index contributed by atoms with van der Waals surface area (Å²) in [5.74, 6) is -1.13. The Morgan fingerprint density at radius 1 is 1.14 bits per heavy atom. The molecule has 0 bridgehead atoms. The fourth-order valence-corrected chi connectivity index (χ4v) is 4.12. The van der Waals surface area contributed by atoms with E-state index in [1.54, 1.807) is 30.3 Å². The van der Waals surface area contributed by atoms with Crippen molar-refractivity contribution in [3.8, 4) is 5.75 Å². The predicted molar refractivity (Wildman–Crippen MR) is 118 cm³/mol. The van der Waals surface area contributed by atoms with Gasteiger partial charge in [0.1, 0.15) is 17.9 Å². The maximum atomic E-state index is 13.0. The Morgan fingerprint density at radius 2 is 1.83 bits per heavy atom. The quantitative estimate of drug-likeness (QED) is 0.326. The summed E-state index contributed by atoms with van der Waals surface area (Å²) in [5, 5.41) is 2.63. The molecule has 1 N–H and O–H groups in total. The summed E-state index contributed by atoms with van der Waals surface area (Å²) in [6.45, 7) is 3.84. The van der Waals surface area contributed by atoms with Crippen molar-refractivity contribution in [2.75, 3.05) is 11.5 Å². The molecule has 29 heavy (non-hydrogen) atoms. The van der Waals surface area contributed by atoms with Gasteiger partial charge in [-0.25, -0.2) is 9.69 Å². The van der Waals surface area contributed by atoms with Crippen LogP contribution in [0.4, 0.5) is 10.5 Å². The number of halogens is 3. The number of hydrogen-bond donors (Lipinski definition) is 1. The van der Waals surface area contributed by atoms with Crippen molar-refractivity contribution in [3.05, 3.63) is 74.2 Å². The first kappa shape index (κ1) is 21.3. The lowest BCUT2D eigenvalue weighted by Crippen LogP contribution is -2.54. The highest BCUT2D eigenvalue weighted by atomic mass is 79.9. The van der Waals surface area contributed by atoms with Crippen LogP contribution in [0, 0.1) is 0 Å². The molecule has 0 aliphatic carbocycles. The number of ether oxygens (including phenoxy) is 1. The van der Waals surface area contributed by atoms with Crippen molar-refractivity contribution < 1.29 is 19.1 Å². The number of nitrogens with zero attached hydrogens (tertiary/aromatic N) is 1. The molecule has 0 atom stereocenters. The molecule has 1 fully saturated rings. The third-order valence-corrected chi connectivity index (χ3v) is 5.17. The topological polar surface area (TPSA) is 75.7 Å². The standard InChI is InChI=1S/C20H13Br2ClN2O4/c1-2-7-29-17-11(8-12(21)10-16(17)22)9-15-18(26)24-20(28)25(19(15)27)14-5-3-13(23)4-6-14/h2-6,8-10H,1,7H2,(H,24,26,28)/b15-9+. The predicted octanol–water partition coefficient (Wildman–Crippen LogP) is 5.10. The van der Waals surface area contributed by atoms with E-state index < -0.39 is 17.8 Å². The molecule has 0 radical (unpaired) electrons. The van der Waals surface area contributed by atoms with Gasteiger partial charge in [0, 0.05) is 15.1 Å². The highest BCUT2D eigenvalue weighted by molar-refractivity contribution is 9.11. The molecular formula is C20H13Br2ClN2O4. The van der Waals surface area contributed by atoms with Gasteiger partial charge in [-0.2, -0.15) is 0 Å². The maximum absolute atomic E-state index is 13.0. The van der Waals surface area contributed by atoms with Gasteiger partial charge in [-0.05, 0) is 58.4 Å². The second-order valence-electron chi connectivity index (χ2n) is 5.84. The van der Waals surface area contributed by atoms with Crippen molar-refractivity contribution in [2.24, 2.45) is 0 Å². The summed E-state index contributed by atoms with van der Waals surface area (Å²) in [7, 11) is 0. The molecule has 0 spiro atoms. The summed E-state index contributed by atoms with van der Waals surface area (Å²) < 4.78 is 6.99. The summed E-state index contributed by atoms with van der Waals surface area (Å²) in [4.78, 5) is 38.5. The lowest BCUT2D eigenvalue weighted by atomic mass is 10.1. The van der Waals surface area contributed by atoms with Crippen LogP contribution in [0.15, 0.2) is 63.6 Å². The van der Waals surface area contributed by atoms with Gasteiger partial charge in [0.15, 0.2) is 0 Å². The normalized spacial score (nSPS) is 15.5. The van der Waals surface area contributed by atoms with Gasteiger partial charge in [-0.3, -0.25) is 14.9 Å². The molecule has 2 aromatic rings. The number of nitrogens with one attached hydrogen (secondary N) is 1. The monoisotopic (exact) mass is 538 g/mol. The number of hydrogen-bond acceptors (Lipinski definition) is 4. The molecule has 1 heterocycles. The molecule has 0 unspecified atom stereocenters. The van der Waals surface area contributed by atoms with Crippen molar-refractivity contribution in [3.63, 3.8) is 0 Å². The summed E-state index contributed by atoms with van der Waals surface area (Å²) in [5.41, 5.74) is 0.541. The molecule has 4 amide bonds. The van der Waals surface area contributed by atoms with Crippen LogP contribution in [-0.4, -0.2) is 24.5 Å².